The number of anilines is 1. The van der Waals surface area contributed by atoms with Crippen molar-refractivity contribution in [3.63, 3.8) is 0 Å². The molecule has 174 valence electrons. The number of nitrogens with one attached hydrogen (secondary N) is 1. The van der Waals surface area contributed by atoms with Crippen LogP contribution in [0.5, 0.6) is 0 Å². The van der Waals surface area contributed by atoms with Crippen molar-refractivity contribution >= 4 is 23.2 Å². The summed E-state index contributed by atoms with van der Waals surface area (Å²) in [5.41, 5.74) is -0.000154. The first-order chi connectivity index (χ1) is 16.2. The van der Waals surface area contributed by atoms with Crippen molar-refractivity contribution in [2.75, 3.05) is 5.32 Å². The molecule has 0 aliphatic heterocycles. The number of hydrogen-bond donors (Lipinski definition) is 1. The predicted molar refractivity (Wildman–Crippen MR) is 121 cm³/mol. The minimum Gasteiger partial charge on any atom is -0.339 e. The van der Waals surface area contributed by atoms with Crippen LogP contribution in [0.4, 0.5) is 10.1 Å². The molecule has 0 atom stereocenters. The number of aryl methyl sites for hydroxylation is 2. The summed E-state index contributed by atoms with van der Waals surface area (Å²) in [4.78, 5) is 41.5. The van der Waals surface area contributed by atoms with Gasteiger partial charge in [0.1, 0.15) is 5.82 Å². The van der Waals surface area contributed by atoms with Crippen LogP contribution in [0.1, 0.15) is 17.9 Å². The Kier molecular flexibility index (Phi) is 6.37. The zero-order chi connectivity index (χ0) is 24.4. The topological polar surface area (TPSA) is 125 Å². The van der Waals surface area contributed by atoms with Gasteiger partial charge in [-0.15, -0.1) is 0 Å². The first-order valence-corrected chi connectivity index (χ1v) is 10.5. The normalized spacial score (nSPS) is 10.9. The highest BCUT2D eigenvalue weighted by atomic mass is 35.5. The molecular formula is C22H18ClFN6O4. The van der Waals surface area contributed by atoms with Gasteiger partial charge in [0, 0.05) is 19.9 Å². The maximum absolute atomic E-state index is 13.3. The fourth-order valence-corrected chi connectivity index (χ4v) is 3.35. The molecule has 12 heteroatoms. The average Bonchev–Trinajstić information content (AvgIpc) is 3.28. The first-order valence-electron chi connectivity index (χ1n) is 10.1. The van der Waals surface area contributed by atoms with Gasteiger partial charge in [0.05, 0.1) is 16.4 Å². The van der Waals surface area contributed by atoms with Crippen LogP contribution in [0, 0.1) is 12.7 Å². The van der Waals surface area contributed by atoms with Crippen LogP contribution in [0.15, 0.2) is 56.6 Å². The molecule has 0 fully saturated rings. The third kappa shape index (κ3) is 4.79. The monoisotopic (exact) mass is 484 g/mol. The van der Waals surface area contributed by atoms with Gasteiger partial charge in [0.25, 0.3) is 5.56 Å². The minimum absolute atomic E-state index is 0.0202. The predicted octanol–water partition coefficient (Wildman–Crippen LogP) is 2.65. The molecule has 34 heavy (non-hydrogen) atoms. The fourth-order valence-electron chi connectivity index (χ4n) is 3.07. The smallest absolute Gasteiger partial charge is 0.339 e. The van der Waals surface area contributed by atoms with Gasteiger partial charge in [-0.3, -0.25) is 14.2 Å². The maximum atomic E-state index is 13.3. The second kappa shape index (κ2) is 9.40. The molecule has 0 spiro atoms. The lowest BCUT2D eigenvalue weighted by Gasteiger charge is -2.07. The Morgan fingerprint density at radius 3 is 2.62 bits per heavy atom. The number of nitrogens with zero attached hydrogens (tertiary/aromatic N) is 5. The van der Waals surface area contributed by atoms with Gasteiger partial charge < -0.3 is 9.84 Å². The lowest BCUT2D eigenvalue weighted by molar-refractivity contribution is -0.116. The van der Waals surface area contributed by atoms with Gasteiger partial charge in [-0.25, -0.2) is 9.18 Å². The molecule has 0 unspecified atom stereocenters. The molecule has 2 aromatic heterocycles. The lowest BCUT2D eigenvalue weighted by atomic mass is 10.2. The highest BCUT2D eigenvalue weighted by Crippen LogP contribution is 2.23. The zero-order valence-corrected chi connectivity index (χ0v) is 18.8. The summed E-state index contributed by atoms with van der Waals surface area (Å²) in [7, 11) is 1.28. The van der Waals surface area contributed by atoms with E-state index in [2.05, 4.69) is 20.6 Å². The van der Waals surface area contributed by atoms with E-state index in [4.69, 9.17) is 16.1 Å². The Labute approximate surface area is 196 Å². The van der Waals surface area contributed by atoms with Gasteiger partial charge in [0.2, 0.25) is 17.6 Å². The molecule has 0 bridgehead atoms. The third-order valence-corrected chi connectivity index (χ3v) is 5.20. The summed E-state index contributed by atoms with van der Waals surface area (Å²) in [6.07, 6.45) is 0.118. The molecule has 0 aliphatic rings. The number of halogens is 2. The van der Waals surface area contributed by atoms with Crippen molar-refractivity contribution in [3.05, 3.63) is 85.6 Å². The Hall–Kier alpha value is -4.12. The fraction of sp³-hybridized carbons (Fsp3) is 0.182. The molecule has 1 N–H and O–H groups in total. The standard InChI is InChI=1S/C22H18ClFN6O4/c1-12-3-8-16(15(23)11-12)25-17(31)9-10-18-26-20(28-34-18)19-21(32)29(2)22(33)30(27-19)14-6-4-13(24)5-7-14/h3-8,11H,9-10H2,1-2H3,(H,25,31). The van der Waals surface area contributed by atoms with E-state index >= 15 is 0 Å². The average molecular weight is 485 g/mol. The van der Waals surface area contributed by atoms with Crippen LogP contribution >= 0.6 is 11.6 Å². The number of carbonyl (C=O) groups excluding carboxylic acids is 1. The van der Waals surface area contributed by atoms with Gasteiger partial charge >= 0.3 is 5.69 Å². The largest absolute Gasteiger partial charge is 0.351 e. The van der Waals surface area contributed by atoms with E-state index in [-0.39, 0.29) is 41.8 Å². The highest BCUT2D eigenvalue weighted by Gasteiger charge is 2.19. The second-order valence-corrected chi connectivity index (χ2v) is 7.83. The van der Waals surface area contributed by atoms with E-state index in [1.807, 2.05) is 13.0 Å². The summed E-state index contributed by atoms with van der Waals surface area (Å²) in [5.74, 6) is -0.847. The van der Waals surface area contributed by atoms with Gasteiger partial charge in [-0.05, 0) is 48.9 Å². The third-order valence-electron chi connectivity index (χ3n) is 4.89. The second-order valence-electron chi connectivity index (χ2n) is 7.43. The van der Waals surface area contributed by atoms with E-state index in [1.165, 1.54) is 19.2 Å². The van der Waals surface area contributed by atoms with Gasteiger partial charge in [0.15, 0.2) is 5.69 Å². The minimum atomic E-state index is -0.734. The molecule has 4 aromatic rings. The number of benzene rings is 2. The summed E-state index contributed by atoms with van der Waals surface area (Å²) in [6, 6.07) is 10.3. The number of carbonyl (C=O) groups is 1. The van der Waals surface area contributed by atoms with Gasteiger partial charge in [-0.2, -0.15) is 14.8 Å². The van der Waals surface area contributed by atoms with Crippen molar-refractivity contribution in [3.8, 4) is 17.2 Å². The Bertz CT molecular complexity index is 1490. The lowest BCUT2D eigenvalue weighted by Crippen LogP contribution is -2.40. The van der Waals surface area contributed by atoms with E-state index in [0.717, 1.165) is 26.9 Å². The van der Waals surface area contributed by atoms with Crippen LogP contribution in [0.25, 0.3) is 17.2 Å². The Morgan fingerprint density at radius 1 is 1.18 bits per heavy atom. The molecule has 4 rings (SSSR count). The maximum Gasteiger partial charge on any atom is 0.351 e. The Balaban J connectivity index is 1.53. The van der Waals surface area contributed by atoms with E-state index < -0.39 is 17.1 Å². The van der Waals surface area contributed by atoms with Crippen molar-refractivity contribution in [2.24, 2.45) is 7.05 Å². The molecule has 0 radical (unpaired) electrons. The first kappa shape index (κ1) is 23.1. The molecular weight excluding hydrogens is 467 g/mol. The molecule has 0 aliphatic carbocycles. The van der Waals surface area contributed by atoms with Crippen LogP contribution in [-0.4, -0.2) is 30.4 Å². The summed E-state index contributed by atoms with van der Waals surface area (Å²) in [5, 5.41) is 10.9. The Morgan fingerprint density at radius 2 is 1.91 bits per heavy atom. The van der Waals surface area contributed by atoms with Crippen LogP contribution < -0.4 is 16.6 Å². The zero-order valence-electron chi connectivity index (χ0n) is 18.1. The summed E-state index contributed by atoms with van der Waals surface area (Å²) < 4.78 is 20.2. The molecule has 10 nitrogen and oxygen atoms in total. The number of amides is 1. The summed E-state index contributed by atoms with van der Waals surface area (Å²) in [6.45, 7) is 1.89. The molecule has 0 saturated carbocycles. The molecule has 2 aromatic carbocycles. The van der Waals surface area contributed by atoms with Gasteiger partial charge in [-0.1, -0.05) is 22.8 Å². The summed E-state index contributed by atoms with van der Waals surface area (Å²) >= 11 is 6.13. The van der Waals surface area contributed by atoms with E-state index in [0.29, 0.717) is 10.7 Å². The van der Waals surface area contributed by atoms with Crippen LogP contribution in [0.3, 0.4) is 0 Å². The van der Waals surface area contributed by atoms with Crippen molar-refractivity contribution in [1.29, 1.82) is 0 Å². The van der Waals surface area contributed by atoms with Crippen molar-refractivity contribution in [2.45, 2.75) is 19.8 Å². The molecule has 1 amide bonds. The number of hydrogen-bond acceptors (Lipinski definition) is 7. The van der Waals surface area contributed by atoms with E-state index in [9.17, 15) is 18.8 Å². The highest BCUT2D eigenvalue weighted by molar-refractivity contribution is 6.33. The van der Waals surface area contributed by atoms with Crippen molar-refractivity contribution in [1.82, 2.24) is 24.5 Å². The number of rotatable bonds is 6. The SMILES string of the molecule is Cc1ccc(NC(=O)CCc2nc(-c3nn(-c4ccc(F)cc4)c(=O)n(C)c3=O)no2)c(Cl)c1. The number of aromatic nitrogens is 5. The molecule has 2 heterocycles. The van der Waals surface area contributed by atoms with Crippen LogP contribution in [-0.2, 0) is 18.3 Å². The van der Waals surface area contributed by atoms with Crippen LogP contribution in [0.2, 0.25) is 5.02 Å². The van der Waals surface area contributed by atoms with E-state index in [1.54, 1.807) is 12.1 Å². The van der Waals surface area contributed by atoms with Crippen molar-refractivity contribution < 1.29 is 13.7 Å². The quantitative estimate of drug-likeness (QED) is 0.446. The molecule has 0 saturated heterocycles.